The number of aromatic amines is 1. The summed E-state index contributed by atoms with van der Waals surface area (Å²) in [7, 11) is 3.21. The molecule has 0 aliphatic rings. The molecule has 0 atom stereocenters. The van der Waals surface area contributed by atoms with E-state index in [0.717, 1.165) is 11.1 Å². The van der Waals surface area contributed by atoms with Crippen molar-refractivity contribution in [1.29, 1.82) is 0 Å². The summed E-state index contributed by atoms with van der Waals surface area (Å²) in [6, 6.07) is 13.0. The van der Waals surface area contributed by atoms with E-state index in [0.29, 0.717) is 22.9 Å². The predicted molar refractivity (Wildman–Crippen MR) is 87.0 cm³/mol. The van der Waals surface area contributed by atoms with Crippen LogP contribution >= 0.6 is 0 Å². The van der Waals surface area contributed by atoms with Crippen molar-refractivity contribution < 1.29 is 14.3 Å². The summed E-state index contributed by atoms with van der Waals surface area (Å²) in [4.78, 5) is 19.0. The second-order valence-corrected chi connectivity index (χ2v) is 4.89. The number of imidazole rings is 1. The van der Waals surface area contributed by atoms with Gasteiger partial charge in [-0.05, 0) is 11.6 Å². The van der Waals surface area contributed by atoms with Crippen LogP contribution in [-0.2, 0) is 0 Å². The fraction of sp³-hybridized carbons (Fsp3) is 0.111. The standard InChI is InChI=1S/C18H16N2O3/c1-22-15-5-3-4-14(17(15)23-2)12-6-8-13(9-7-12)16(21)18-19-10-11-20-18/h3-11H,1-2H3,(H,19,20). The number of rotatable bonds is 5. The minimum Gasteiger partial charge on any atom is -0.493 e. The summed E-state index contributed by atoms with van der Waals surface area (Å²) in [5.74, 6) is 1.52. The number of methoxy groups -OCH3 is 2. The van der Waals surface area contributed by atoms with E-state index in [-0.39, 0.29) is 5.78 Å². The van der Waals surface area contributed by atoms with Gasteiger partial charge in [-0.25, -0.2) is 4.98 Å². The average Bonchev–Trinajstić information content (AvgIpc) is 3.15. The smallest absolute Gasteiger partial charge is 0.228 e. The van der Waals surface area contributed by atoms with E-state index in [9.17, 15) is 4.79 Å². The van der Waals surface area contributed by atoms with Crippen molar-refractivity contribution in [3.8, 4) is 22.6 Å². The second kappa shape index (κ2) is 6.36. The molecule has 0 spiro atoms. The summed E-state index contributed by atoms with van der Waals surface area (Å²) in [5.41, 5.74) is 2.42. The Hall–Kier alpha value is -3.08. The van der Waals surface area contributed by atoms with Gasteiger partial charge in [-0.15, -0.1) is 0 Å². The fourth-order valence-electron chi connectivity index (χ4n) is 2.44. The van der Waals surface area contributed by atoms with Crippen LogP contribution in [0.5, 0.6) is 11.5 Å². The number of hydrogen-bond acceptors (Lipinski definition) is 4. The van der Waals surface area contributed by atoms with Gasteiger partial charge in [0.15, 0.2) is 17.3 Å². The Bertz CT molecular complexity index is 809. The Morgan fingerprint density at radius 1 is 1.04 bits per heavy atom. The highest BCUT2D eigenvalue weighted by atomic mass is 16.5. The lowest BCUT2D eigenvalue weighted by molar-refractivity contribution is 0.103. The first-order valence-corrected chi connectivity index (χ1v) is 7.10. The van der Waals surface area contributed by atoms with Gasteiger partial charge in [0.25, 0.3) is 0 Å². The van der Waals surface area contributed by atoms with Gasteiger partial charge in [-0.2, -0.15) is 0 Å². The molecule has 0 radical (unpaired) electrons. The zero-order valence-electron chi connectivity index (χ0n) is 12.9. The highest BCUT2D eigenvalue weighted by Crippen LogP contribution is 2.37. The van der Waals surface area contributed by atoms with Crippen molar-refractivity contribution >= 4 is 5.78 Å². The maximum Gasteiger partial charge on any atom is 0.228 e. The molecule has 0 aliphatic carbocycles. The number of nitrogens with zero attached hydrogens (tertiary/aromatic N) is 1. The van der Waals surface area contributed by atoms with Gasteiger partial charge in [0.2, 0.25) is 5.78 Å². The Morgan fingerprint density at radius 2 is 1.83 bits per heavy atom. The van der Waals surface area contributed by atoms with Crippen LogP contribution in [0.4, 0.5) is 0 Å². The van der Waals surface area contributed by atoms with Crippen molar-refractivity contribution in [3.05, 3.63) is 66.2 Å². The summed E-state index contributed by atoms with van der Waals surface area (Å²) in [5, 5.41) is 0. The Morgan fingerprint density at radius 3 is 2.43 bits per heavy atom. The Kier molecular flexibility index (Phi) is 4.10. The maximum absolute atomic E-state index is 12.2. The van der Waals surface area contributed by atoms with E-state index in [4.69, 9.17) is 9.47 Å². The van der Waals surface area contributed by atoms with Crippen molar-refractivity contribution in [2.45, 2.75) is 0 Å². The molecule has 116 valence electrons. The number of aromatic nitrogens is 2. The molecule has 23 heavy (non-hydrogen) atoms. The third kappa shape index (κ3) is 2.81. The molecule has 2 aromatic carbocycles. The van der Waals surface area contributed by atoms with Gasteiger partial charge < -0.3 is 14.5 Å². The highest BCUT2D eigenvalue weighted by molar-refractivity contribution is 6.06. The highest BCUT2D eigenvalue weighted by Gasteiger charge is 2.14. The first-order chi connectivity index (χ1) is 11.2. The monoisotopic (exact) mass is 308 g/mol. The summed E-state index contributed by atoms with van der Waals surface area (Å²) < 4.78 is 10.8. The molecule has 3 aromatic rings. The number of hydrogen-bond donors (Lipinski definition) is 1. The lowest BCUT2D eigenvalue weighted by Crippen LogP contribution is -2.03. The second-order valence-electron chi connectivity index (χ2n) is 4.89. The largest absolute Gasteiger partial charge is 0.493 e. The molecule has 0 bridgehead atoms. The first-order valence-electron chi connectivity index (χ1n) is 7.10. The quantitative estimate of drug-likeness (QED) is 0.734. The number of ketones is 1. The summed E-state index contributed by atoms with van der Waals surface area (Å²) in [6.07, 6.45) is 3.19. The maximum atomic E-state index is 12.2. The molecule has 5 heteroatoms. The minimum atomic E-state index is -0.140. The molecule has 0 amide bonds. The Labute approximate surface area is 133 Å². The van der Waals surface area contributed by atoms with Crippen LogP contribution in [0.3, 0.4) is 0 Å². The minimum absolute atomic E-state index is 0.140. The van der Waals surface area contributed by atoms with Crippen LogP contribution in [0, 0.1) is 0 Å². The lowest BCUT2D eigenvalue weighted by Gasteiger charge is -2.12. The number of carbonyl (C=O) groups is 1. The lowest BCUT2D eigenvalue weighted by atomic mass is 10.0. The van der Waals surface area contributed by atoms with E-state index in [1.54, 1.807) is 38.7 Å². The zero-order chi connectivity index (χ0) is 16.2. The van der Waals surface area contributed by atoms with Crippen molar-refractivity contribution in [3.63, 3.8) is 0 Å². The average molecular weight is 308 g/mol. The predicted octanol–water partition coefficient (Wildman–Crippen LogP) is 3.32. The van der Waals surface area contributed by atoms with E-state index in [1.807, 2.05) is 30.3 Å². The fourth-order valence-corrected chi connectivity index (χ4v) is 2.44. The number of para-hydroxylation sites is 1. The molecule has 0 saturated heterocycles. The normalized spacial score (nSPS) is 10.3. The van der Waals surface area contributed by atoms with Crippen molar-refractivity contribution in [2.24, 2.45) is 0 Å². The van der Waals surface area contributed by atoms with Crippen LogP contribution in [0.15, 0.2) is 54.9 Å². The van der Waals surface area contributed by atoms with Crippen molar-refractivity contribution in [1.82, 2.24) is 9.97 Å². The molecular weight excluding hydrogens is 292 g/mol. The SMILES string of the molecule is COc1cccc(-c2ccc(C(=O)c3ncc[nH]3)cc2)c1OC. The molecule has 1 heterocycles. The van der Waals surface area contributed by atoms with E-state index in [2.05, 4.69) is 9.97 Å². The summed E-state index contributed by atoms with van der Waals surface area (Å²) >= 11 is 0. The van der Waals surface area contributed by atoms with Crippen LogP contribution in [0.1, 0.15) is 16.2 Å². The summed E-state index contributed by atoms with van der Waals surface area (Å²) in [6.45, 7) is 0. The molecule has 5 nitrogen and oxygen atoms in total. The molecule has 3 rings (SSSR count). The van der Waals surface area contributed by atoms with Crippen LogP contribution in [0.2, 0.25) is 0 Å². The third-order valence-corrected chi connectivity index (χ3v) is 3.57. The van der Waals surface area contributed by atoms with Gasteiger partial charge in [-0.3, -0.25) is 4.79 Å². The molecule has 0 saturated carbocycles. The molecule has 0 aliphatic heterocycles. The van der Waals surface area contributed by atoms with Gasteiger partial charge in [0.1, 0.15) is 0 Å². The van der Waals surface area contributed by atoms with Gasteiger partial charge in [-0.1, -0.05) is 36.4 Å². The van der Waals surface area contributed by atoms with E-state index < -0.39 is 0 Å². The molecule has 1 aromatic heterocycles. The molecule has 0 unspecified atom stereocenters. The van der Waals surface area contributed by atoms with Crippen LogP contribution < -0.4 is 9.47 Å². The van der Waals surface area contributed by atoms with Crippen LogP contribution in [0.25, 0.3) is 11.1 Å². The van der Waals surface area contributed by atoms with E-state index in [1.165, 1.54) is 0 Å². The molecule has 1 N–H and O–H groups in total. The van der Waals surface area contributed by atoms with Gasteiger partial charge in [0.05, 0.1) is 14.2 Å². The van der Waals surface area contributed by atoms with Gasteiger partial charge in [0, 0.05) is 23.5 Å². The number of nitrogens with one attached hydrogen (secondary N) is 1. The third-order valence-electron chi connectivity index (χ3n) is 3.57. The van der Waals surface area contributed by atoms with Crippen LogP contribution in [-0.4, -0.2) is 30.0 Å². The number of benzene rings is 2. The van der Waals surface area contributed by atoms with Crippen molar-refractivity contribution in [2.75, 3.05) is 14.2 Å². The first kappa shape index (κ1) is 14.8. The number of carbonyl (C=O) groups excluding carboxylic acids is 1. The molecular formula is C18H16N2O3. The van der Waals surface area contributed by atoms with E-state index >= 15 is 0 Å². The topological polar surface area (TPSA) is 64.2 Å². The molecule has 0 fully saturated rings. The number of H-pyrrole nitrogens is 1. The number of ether oxygens (including phenoxy) is 2. The zero-order valence-corrected chi connectivity index (χ0v) is 12.9. The van der Waals surface area contributed by atoms with Gasteiger partial charge >= 0.3 is 0 Å². The Balaban J connectivity index is 1.96.